The third-order valence-electron chi connectivity index (χ3n) is 6.12. The molecule has 7 nitrogen and oxygen atoms in total. The summed E-state index contributed by atoms with van der Waals surface area (Å²) in [4.78, 5) is 28.1. The molecule has 3 aromatic rings. The van der Waals surface area contributed by atoms with E-state index in [-0.39, 0.29) is 0 Å². The Balaban J connectivity index is 1.43. The highest BCUT2D eigenvalue weighted by Crippen LogP contribution is 2.30. The van der Waals surface area contributed by atoms with E-state index < -0.39 is 18.0 Å². The zero-order valence-electron chi connectivity index (χ0n) is 21.7. The van der Waals surface area contributed by atoms with Crippen molar-refractivity contribution in [1.82, 2.24) is 10.3 Å². The van der Waals surface area contributed by atoms with Crippen LogP contribution in [0.4, 0.5) is 4.79 Å². The van der Waals surface area contributed by atoms with Gasteiger partial charge in [-0.05, 0) is 49.8 Å². The molecule has 0 aliphatic carbocycles. The number of ether oxygens (including phenoxy) is 2. The smallest absolute Gasteiger partial charge is 0.407 e. The molecule has 0 saturated carbocycles. The summed E-state index contributed by atoms with van der Waals surface area (Å²) in [5.74, 6) is 0.269. The number of nitrogens with one attached hydrogen (secondary N) is 1. The van der Waals surface area contributed by atoms with Crippen molar-refractivity contribution in [2.45, 2.75) is 57.9 Å². The van der Waals surface area contributed by atoms with Crippen LogP contribution in [0.15, 0.2) is 60.7 Å². The highest BCUT2D eigenvalue weighted by atomic mass is 16.5. The number of carbonyl (C=O) groups is 2. The minimum absolute atomic E-state index is 0.317. The van der Waals surface area contributed by atoms with Crippen molar-refractivity contribution in [1.29, 1.82) is 0 Å². The van der Waals surface area contributed by atoms with E-state index in [4.69, 9.17) is 20.2 Å². The SMILES string of the molecule is CCCC[C@H](NC(=O)OCCCCC/C=C/c1ccc2nc(-c3ccccc3)cc(OC)c2c1)C(N)=O. The number of rotatable bonds is 14. The third kappa shape index (κ3) is 8.63. The number of fused-ring (bicyclic) bond motifs is 1. The normalized spacial score (nSPS) is 11.9. The molecule has 1 aromatic heterocycles. The number of benzene rings is 2. The lowest BCUT2D eigenvalue weighted by Gasteiger charge is -2.14. The fraction of sp³-hybridized carbons (Fsp3) is 0.367. The first-order valence-corrected chi connectivity index (χ1v) is 12.9. The lowest BCUT2D eigenvalue weighted by molar-refractivity contribution is -0.120. The molecule has 0 spiro atoms. The zero-order valence-corrected chi connectivity index (χ0v) is 21.7. The van der Waals surface area contributed by atoms with E-state index in [0.29, 0.717) is 13.0 Å². The molecule has 37 heavy (non-hydrogen) atoms. The molecule has 0 saturated heterocycles. The van der Waals surface area contributed by atoms with E-state index in [9.17, 15) is 9.59 Å². The first-order valence-electron chi connectivity index (χ1n) is 12.9. The van der Waals surface area contributed by atoms with E-state index in [1.807, 2.05) is 49.4 Å². The highest BCUT2D eigenvalue weighted by Gasteiger charge is 2.17. The topological polar surface area (TPSA) is 104 Å². The maximum absolute atomic E-state index is 11.9. The average Bonchev–Trinajstić information content (AvgIpc) is 2.92. The fourth-order valence-electron chi connectivity index (χ4n) is 4.04. The minimum atomic E-state index is -0.672. The van der Waals surface area contributed by atoms with E-state index in [2.05, 4.69) is 29.6 Å². The van der Waals surface area contributed by atoms with Crippen molar-refractivity contribution < 1.29 is 19.1 Å². The number of aromatic nitrogens is 1. The largest absolute Gasteiger partial charge is 0.496 e. The van der Waals surface area contributed by atoms with E-state index in [0.717, 1.165) is 72.0 Å². The number of amides is 2. The Morgan fingerprint density at radius 3 is 2.59 bits per heavy atom. The molecule has 3 rings (SSSR count). The second kappa shape index (κ2) is 14.6. The maximum atomic E-state index is 11.9. The van der Waals surface area contributed by atoms with Gasteiger partial charge in [0, 0.05) is 17.0 Å². The Bertz CT molecular complexity index is 1190. The number of hydrogen-bond acceptors (Lipinski definition) is 5. The predicted octanol–water partition coefficient (Wildman–Crippen LogP) is 6.25. The number of nitrogens with zero attached hydrogens (tertiary/aromatic N) is 1. The molecular formula is C30H37N3O4. The number of pyridine rings is 1. The highest BCUT2D eigenvalue weighted by molar-refractivity contribution is 5.89. The van der Waals surface area contributed by atoms with Crippen molar-refractivity contribution in [2.24, 2.45) is 5.73 Å². The zero-order chi connectivity index (χ0) is 26.5. The van der Waals surface area contributed by atoms with Gasteiger partial charge in [0.2, 0.25) is 5.91 Å². The van der Waals surface area contributed by atoms with Crippen molar-refractivity contribution in [3.05, 3.63) is 66.2 Å². The van der Waals surface area contributed by atoms with Gasteiger partial charge in [-0.1, -0.05) is 68.3 Å². The Morgan fingerprint density at radius 1 is 1.05 bits per heavy atom. The first kappa shape index (κ1) is 27.7. The summed E-state index contributed by atoms with van der Waals surface area (Å²) in [6, 6.07) is 17.6. The van der Waals surface area contributed by atoms with Gasteiger partial charge in [0.25, 0.3) is 0 Å². The molecule has 7 heteroatoms. The Morgan fingerprint density at radius 2 is 1.86 bits per heavy atom. The number of nitrogens with two attached hydrogens (primary N) is 1. The molecular weight excluding hydrogens is 466 g/mol. The maximum Gasteiger partial charge on any atom is 0.407 e. The molecule has 0 aliphatic rings. The van der Waals surface area contributed by atoms with Gasteiger partial charge >= 0.3 is 6.09 Å². The van der Waals surface area contributed by atoms with Gasteiger partial charge in [-0.3, -0.25) is 4.79 Å². The summed E-state index contributed by atoms with van der Waals surface area (Å²) in [5.41, 5.74) is 9.26. The fourth-order valence-corrected chi connectivity index (χ4v) is 4.04. The molecule has 1 heterocycles. The van der Waals surface area contributed by atoms with Crippen molar-refractivity contribution in [3.8, 4) is 17.0 Å². The van der Waals surface area contributed by atoms with Crippen LogP contribution in [0, 0.1) is 0 Å². The quantitative estimate of drug-likeness (QED) is 0.253. The minimum Gasteiger partial charge on any atom is -0.496 e. The Kier molecular flexibility index (Phi) is 11.0. The van der Waals surface area contributed by atoms with E-state index >= 15 is 0 Å². The Hall–Kier alpha value is -3.87. The van der Waals surface area contributed by atoms with Crippen LogP contribution in [0.2, 0.25) is 0 Å². The first-order chi connectivity index (χ1) is 18.0. The van der Waals surface area contributed by atoms with Crippen molar-refractivity contribution >= 4 is 29.0 Å². The van der Waals surface area contributed by atoms with Crippen LogP contribution in [0.3, 0.4) is 0 Å². The molecule has 196 valence electrons. The number of unbranched alkanes of at least 4 members (excludes halogenated alkanes) is 4. The van der Waals surface area contributed by atoms with Crippen molar-refractivity contribution in [2.75, 3.05) is 13.7 Å². The van der Waals surface area contributed by atoms with Crippen molar-refractivity contribution in [3.63, 3.8) is 0 Å². The molecule has 3 N–H and O–H groups in total. The van der Waals surface area contributed by atoms with E-state index in [1.54, 1.807) is 7.11 Å². The van der Waals surface area contributed by atoms with Crippen LogP contribution >= 0.6 is 0 Å². The summed E-state index contributed by atoms with van der Waals surface area (Å²) in [6.07, 6.45) is 9.56. The summed E-state index contributed by atoms with van der Waals surface area (Å²) in [7, 11) is 1.68. The van der Waals surface area contributed by atoms with Gasteiger partial charge in [0.15, 0.2) is 0 Å². The van der Waals surface area contributed by atoms with Gasteiger partial charge in [-0.25, -0.2) is 9.78 Å². The standard InChI is InChI=1S/C30H37N3O4/c1-3-4-16-26(29(31)34)33-30(35)37-19-12-7-5-6-9-13-22-17-18-25-24(20-22)28(36-2)21-27(32-25)23-14-10-8-11-15-23/h8-11,13-15,17-18,20-21,26H,3-7,12,16,19H2,1-2H3,(H2,31,34)(H,33,35)/b13-9+/t26-/m0/s1. The number of carbonyl (C=O) groups excluding carboxylic acids is 2. The number of alkyl carbamates (subject to hydrolysis) is 1. The second-order valence-electron chi connectivity index (χ2n) is 8.98. The van der Waals surface area contributed by atoms with Crippen LogP contribution in [0.5, 0.6) is 5.75 Å². The number of primary amides is 1. The van der Waals surface area contributed by atoms with Crippen LogP contribution in [-0.2, 0) is 9.53 Å². The molecule has 2 amide bonds. The molecule has 0 aliphatic heterocycles. The lowest BCUT2D eigenvalue weighted by atomic mass is 10.1. The van der Waals surface area contributed by atoms with Gasteiger partial charge in [-0.15, -0.1) is 0 Å². The predicted molar refractivity (Wildman–Crippen MR) is 148 cm³/mol. The molecule has 0 fully saturated rings. The lowest BCUT2D eigenvalue weighted by Crippen LogP contribution is -2.44. The molecule has 0 unspecified atom stereocenters. The summed E-state index contributed by atoms with van der Waals surface area (Å²) >= 11 is 0. The van der Waals surface area contributed by atoms with Crippen LogP contribution in [-0.4, -0.2) is 36.7 Å². The van der Waals surface area contributed by atoms with Gasteiger partial charge in [0.05, 0.1) is 24.9 Å². The van der Waals surface area contributed by atoms with Gasteiger partial charge in [-0.2, -0.15) is 0 Å². The number of methoxy groups -OCH3 is 1. The average molecular weight is 504 g/mol. The van der Waals surface area contributed by atoms with Crippen LogP contribution in [0.25, 0.3) is 28.2 Å². The van der Waals surface area contributed by atoms with Gasteiger partial charge < -0.3 is 20.5 Å². The molecule has 0 radical (unpaired) electrons. The molecule has 1 atom stereocenters. The second-order valence-corrected chi connectivity index (χ2v) is 8.98. The van der Waals surface area contributed by atoms with E-state index in [1.165, 1.54) is 0 Å². The number of allylic oxidation sites excluding steroid dienone is 1. The molecule has 2 aromatic carbocycles. The third-order valence-corrected chi connectivity index (χ3v) is 6.12. The monoisotopic (exact) mass is 503 g/mol. The number of hydrogen-bond donors (Lipinski definition) is 2. The summed E-state index contributed by atoms with van der Waals surface area (Å²) in [6.45, 7) is 2.33. The summed E-state index contributed by atoms with van der Waals surface area (Å²) in [5, 5.41) is 3.53. The van der Waals surface area contributed by atoms with Gasteiger partial charge in [0.1, 0.15) is 11.8 Å². The van der Waals surface area contributed by atoms with Crippen LogP contribution in [0.1, 0.15) is 57.4 Å². The summed E-state index contributed by atoms with van der Waals surface area (Å²) < 4.78 is 10.8. The Labute approximate surface area is 219 Å². The van der Waals surface area contributed by atoms with Crippen LogP contribution < -0.4 is 15.8 Å². The molecule has 0 bridgehead atoms.